The molecule has 260 valence electrons. The summed E-state index contributed by atoms with van der Waals surface area (Å²) in [6, 6.07) is 0.641. The number of allylic oxidation sites excluding steroid dienone is 3. The quantitative estimate of drug-likeness (QED) is 0.136. The first-order chi connectivity index (χ1) is 23.3. The zero-order valence-corrected chi connectivity index (χ0v) is 27.6. The van der Waals surface area contributed by atoms with Gasteiger partial charge in [0, 0.05) is 49.0 Å². The van der Waals surface area contributed by atoms with Crippen molar-refractivity contribution >= 4 is 35.0 Å². The van der Waals surface area contributed by atoms with Crippen LogP contribution in [0, 0.1) is 11.6 Å². The van der Waals surface area contributed by atoms with Crippen LogP contribution in [-0.4, -0.2) is 72.1 Å². The van der Waals surface area contributed by atoms with Crippen LogP contribution in [-0.2, 0) is 22.4 Å². The van der Waals surface area contributed by atoms with Gasteiger partial charge in [-0.05, 0) is 44.9 Å². The van der Waals surface area contributed by atoms with Gasteiger partial charge < -0.3 is 14.9 Å². The summed E-state index contributed by atoms with van der Waals surface area (Å²) < 4.78 is 45.5. The molecule has 3 N–H and O–H groups in total. The van der Waals surface area contributed by atoms with Crippen molar-refractivity contribution in [3.8, 4) is 11.4 Å². The Morgan fingerprint density at radius 1 is 1.10 bits per heavy atom. The first-order valence-corrected chi connectivity index (χ1v) is 15.7. The number of benzene rings is 1. The summed E-state index contributed by atoms with van der Waals surface area (Å²) in [5.74, 6) is -5.70. The van der Waals surface area contributed by atoms with E-state index in [1.54, 1.807) is 11.8 Å². The van der Waals surface area contributed by atoms with Gasteiger partial charge in [0.25, 0.3) is 0 Å². The number of hydrogen-bond donors (Lipinski definition) is 3. The minimum atomic E-state index is -1.33. The van der Waals surface area contributed by atoms with Crippen LogP contribution >= 0.6 is 0 Å². The van der Waals surface area contributed by atoms with Crippen molar-refractivity contribution in [2.75, 3.05) is 30.0 Å². The Balaban J connectivity index is 1.97. The highest BCUT2D eigenvalue weighted by molar-refractivity contribution is 5.96. The monoisotopic (exact) mass is 681 g/mol. The summed E-state index contributed by atoms with van der Waals surface area (Å²) in [5.41, 5.74) is 1.08. The number of carbonyl (C=O) groups is 2. The zero-order valence-electron chi connectivity index (χ0n) is 27.6. The van der Waals surface area contributed by atoms with Gasteiger partial charge in [-0.3, -0.25) is 20.3 Å². The van der Waals surface area contributed by atoms with Gasteiger partial charge in [0.05, 0.1) is 22.6 Å². The van der Waals surface area contributed by atoms with Gasteiger partial charge in [-0.1, -0.05) is 33.3 Å². The molecule has 1 aliphatic heterocycles. The third-order valence-electron chi connectivity index (χ3n) is 7.97. The van der Waals surface area contributed by atoms with Crippen molar-refractivity contribution in [1.82, 2.24) is 24.4 Å². The van der Waals surface area contributed by atoms with Crippen LogP contribution < -0.4 is 16.1 Å². The van der Waals surface area contributed by atoms with Crippen LogP contribution in [0.15, 0.2) is 47.8 Å². The van der Waals surface area contributed by atoms with E-state index in [-0.39, 0.29) is 48.3 Å². The molecule has 1 amide bonds. The molecule has 0 bridgehead atoms. The van der Waals surface area contributed by atoms with Crippen LogP contribution in [0.3, 0.4) is 0 Å². The molecule has 0 saturated carbocycles. The number of ketones is 1. The van der Waals surface area contributed by atoms with Crippen LogP contribution in [0.5, 0.6) is 5.75 Å². The third-order valence-corrected chi connectivity index (χ3v) is 7.97. The number of piperazine rings is 1. The van der Waals surface area contributed by atoms with E-state index in [0.29, 0.717) is 49.2 Å². The summed E-state index contributed by atoms with van der Waals surface area (Å²) in [6.07, 6.45) is 6.74. The van der Waals surface area contributed by atoms with Crippen molar-refractivity contribution in [2.45, 2.75) is 59.4 Å². The van der Waals surface area contributed by atoms with Crippen molar-refractivity contribution < 1.29 is 33.1 Å². The van der Waals surface area contributed by atoms with Gasteiger partial charge in [0.2, 0.25) is 5.91 Å². The number of halogens is 3. The van der Waals surface area contributed by atoms with Crippen molar-refractivity contribution in [3.05, 3.63) is 87.7 Å². The maximum absolute atomic E-state index is 16.2. The van der Waals surface area contributed by atoms with Gasteiger partial charge in [-0.15, -0.1) is 0 Å². The van der Waals surface area contributed by atoms with Crippen LogP contribution in [0.4, 0.5) is 24.8 Å². The number of phenolic OH excluding ortho intramolecular Hbond substituents is 1. The van der Waals surface area contributed by atoms with E-state index in [1.165, 1.54) is 24.2 Å². The SMILES string of the molecule is C=C(/C(F)=C\c1c(N2CCN(C(=O)/C=C/C(C)=O)C[C@@H]2C)nc(=O)n(-c2c(CCC)ncnc2CCC)c1NO)c1cc(F)cc(F)c1O. The number of anilines is 2. The van der Waals surface area contributed by atoms with E-state index < -0.39 is 52.0 Å². The van der Waals surface area contributed by atoms with Crippen LogP contribution in [0.2, 0.25) is 0 Å². The molecule has 1 aromatic carbocycles. The van der Waals surface area contributed by atoms with Gasteiger partial charge in [0.15, 0.2) is 17.3 Å². The number of nitrogens with zero attached hydrogens (tertiary/aromatic N) is 6. The topological polar surface area (TPSA) is 154 Å². The molecule has 49 heavy (non-hydrogen) atoms. The highest BCUT2D eigenvalue weighted by Crippen LogP contribution is 2.37. The molecule has 0 aliphatic carbocycles. The lowest BCUT2D eigenvalue weighted by atomic mass is 10.0. The maximum Gasteiger partial charge on any atom is 0.355 e. The average molecular weight is 682 g/mol. The molecule has 0 radical (unpaired) electrons. The van der Waals surface area contributed by atoms with Gasteiger partial charge in [-0.2, -0.15) is 4.98 Å². The predicted molar refractivity (Wildman–Crippen MR) is 178 cm³/mol. The first kappa shape index (κ1) is 36.5. The van der Waals surface area contributed by atoms with E-state index in [4.69, 9.17) is 0 Å². The van der Waals surface area contributed by atoms with Gasteiger partial charge >= 0.3 is 5.69 Å². The molecule has 15 heteroatoms. The number of rotatable bonds is 12. The largest absolute Gasteiger partial charge is 0.504 e. The van der Waals surface area contributed by atoms with Crippen molar-refractivity contribution in [3.63, 3.8) is 0 Å². The molecule has 3 heterocycles. The Labute approximate surface area is 280 Å². The fourth-order valence-corrected chi connectivity index (χ4v) is 5.65. The number of aromatic hydroxyl groups is 1. The van der Waals surface area contributed by atoms with E-state index in [1.807, 2.05) is 19.3 Å². The molecule has 1 saturated heterocycles. The third kappa shape index (κ3) is 7.88. The number of aromatic nitrogens is 4. The second kappa shape index (κ2) is 15.7. The van der Waals surface area contributed by atoms with Gasteiger partial charge in [0.1, 0.15) is 29.6 Å². The smallest absolute Gasteiger partial charge is 0.355 e. The second-order valence-corrected chi connectivity index (χ2v) is 11.6. The van der Waals surface area contributed by atoms with E-state index in [9.17, 15) is 33.5 Å². The predicted octanol–water partition coefficient (Wildman–Crippen LogP) is 4.92. The van der Waals surface area contributed by atoms with Crippen LogP contribution in [0.25, 0.3) is 17.3 Å². The van der Waals surface area contributed by atoms with Crippen molar-refractivity contribution in [2.24, 2.45) is 0 Å². The molecule has 0 spiro atoms. The number of hydrogen-bond acceptors (Lipinski definition) is 10. The Bertz CT molecular complexity index is 1870. The van der Waals surface area contributed by atoms with Crippen LogP contribution in [0.1, 0.15) is 63.1 Å². The first-order valence-electron chi connectivity index (χ1n) is 15.7. The molecular formula is C34H38F3N7O5. The lowest BCUT2D eigenvalue weighted by molar-refractivity contribution is -0.127. The number of phenols is 1. The minimum absolute atomic E-state index is 0.0831. The maximum atomic E-state index is 16.2. The summed E-state index contributed by atoms with van der Waals surface area (Å²) in [5, 5.41) is 20.9. The Kier molecular flexibility index (Phi) is 11.7. The summed E-state index contributed by atoms with van der Waals surface area (Å²) in [6.45, 7) is 10.9. The van der Waals surface area contributed by atoms with Gasteiger partial charge in [-0.25, -0.2) is 32.5 Å². The summed E-state index contributed by atoms with van der Waals surface area (Å²) in [4.78, 5) is 54.3. The molecule has 0 unspecified atom stereocenters. The Morgan fingerprint density at radius 2 is 1.76 bits per heavy atom. The van der Waals surface area contributed by atoms with E-state index in [2.05, 4.69) is 21.5 Å². The summed E-state index contributed by atoms with van der Waals surface area (Å²) >= 11 is 0. The Morgan fingerprint density at radius 3 is 2.33 bits per heavy atom. The number of amides is 1. The number of nitrogens with one attached hydrogen (secondary N) is 1. The molecule has 4 rings (SSSR count). The normalized spacial score (nSPS) is 15.2. The van der Waals surface area contributed by atoms with E-state index in [0.717, 1.165) is 16.7 Å². The minimum Gasteiger partial charge on any atom is -0.504 e. The fourth-order valence-electron chi connectivity index (χ4n) is 5.65. The van der Waals surface area contributed by atoms with E-state index >= 15 is 4.39 Å². The molecule has 1 aliphatic rings. The Hall–Kier alpha value is -5.31. The van der Waals surface area contributed by atoms with Crippen molar-refractivity contribution in [1.29, 1.82) is 0 Å². The molecule has 12 nitrogen and oxygen atoms in total. The molecule has 3 aromatic rings. The summed E-state index contributed by atoms with van der Waals surface area (Å²) in [7, 11) is 0. The number of aryl methyl sites for hydroxylation is 2. The average Bonchev–Trinajstić information content (AvgIpc) is 3.06. The molecule has 2 aromatic heterocycles. The highest BCUT2D eigenvalue weighted by Gasteiger charge is 2.32. The number of carbonyl (C=O) groups excluding carboxylic acids is 2. The lowest BCUT2D eigenvalue weighted by Gasteiger charge is -2.41. The standard InChI is InChI=1S/C34H38F3N7O5/c1-6-8-27-30(28(9-7-2)39-18-38-27)44-33(41-49)24(16-25(36)21(5)23-14-22(35)15-26(37)31(23)47)32(40-34(44)48)43-13-12-42(17-19(43)3)29(46)11-10-20(4)45/h10-11,14-16,18-19,41,47,49H,5-9,12-13,17H2,1-4H3/b11-10+,25-16+/t19-/m0/s1. The zero-order chi connectivity index (χ0) is 36.0. The molecule has 1 atom stereocenters. The molecule has 1 fully saturated rings. The fraction of sp³-hybridized carbons (Fsp3) is 0.353. The lowest BCUT2D eigenvalue weighted by Crippen LogP contribution is -2.54. The second-order valence-electron chi connectivity index (χ2n) is 11.6. The highest BCUT2D eigenvalue weighted by atomic mass is 19.1. The molecular weight excluding hydrogens is 643 g/mol.